The summed E-state index contributed by atoms with van der Waals surface area (Å²) in [5, 5.41) is 0. The second-order valence-corrected chi connectivity index (χ2v) is 6.89. The minimum Gasteiger partial charge on any atom is -0.449 e. The molecule has 0 spiro atoms. The van der Waals surface area contributed by atoms with Crippen LogP contribution in [0.3, 0.4) is 0 Å². The molecule has 4 nitrogen and oxygen atoms in total. The summed E-state index contributed by atoms with van der Waals surface area (Å²) in [6, 6.07) is 6.27. The van der Waals surface area contributed by atoms with E-state index < -0.39 is 0 Å². The highest BCUT2D eigenvalue weighted by molar-refractivity contribution is 5.71. The fourth-order valence-corrected chi connectivity index (χ4v) is 3.61. The van der Waals surface area contributed by atoms with Crippen LogP contribution in [0.1, 0.15) is 61.0 Å². The van der Waals surface area contributed by atoms with Crippen LogP contribution in [-0.2, 0) is 4.74 Å². The fourth-order valence-electron chi connectivity index (χ4n) is 3.61. The molecule has 0 saturated heterocycles. The molecule has 0 aliphatic heterocycles. The molecular formula is C20H26N2O2. The number of imidazole rings is 1. The zero-order chi connectivity index (χ0) is 17.1. The number of carbonyl (C=O) groups excluding carboxylic acids is 1. The van der Waals surface area contributed by atoms with Crippen molar-refractivity contribution >= 4 is 6.09 Å². The first kappa shape index (κ1) is 16.7. The monoisotopic (exact) mass is 326 g/mol. The predicted octanol–water partition coefficient (Wildman–Crippen LogP) is 4.83. The highest BCUT2D eigenvalue weighted by Crippen LogP contribution is 2.28. The number of ether oxygens (including phenoxy) is 1. The third-order valence-corrected chi connectivity index (χ3v) is 5.28. The summed E-state index contributed by atoms with van der Waals surface area (Å²) in [5.74, 6) is 1.30. The van der Waals surface area contributed by atoms with E-state index in [0.717, 1.165) is 5.82 Å². The first-order valence-corrected chi connectivity index (χ1v) is 8.84. The first-order valence-electron chi connectivity index (χ1n) is 8.84. The maximum atomic E-state index is 12.5. The highest BCUT2D eigenvalue weighted by atomic mass is 16.5. The van der Waals surface area contributed by atoms with Gasteiger partial charge in [0.15, 0.2) is 0 Å². The van der Waals surface area contributed by atoms with E-state index in [0.29, 0.717) is 12.5 Å². The maximum Gasteiger partial charge on any atom is 0.419 e. The van der Waals surface area contributed by atoms with E-state index in [1.807, 2.05) is 0 Å². The molecule has 1 aliphatic rings. The molecule has 2 aromatic rings. The highest BCUT2D eigenvalue weighted by Gasteiger charge is 2.22. The summed E-state index contributed by atoms with van der Waals surface area (Å²) in [7, 11) is 0. The average molecular weight is 326 g/mol. The van der Waals surface area contributed by atoms with Crippen LogP contribution in [0.5, 0.6) is 0 Å². The molecule has 0 unspecified atom stereocenters. The molecule has 1 heterocycles. The van der Waals surface area contributed by atoms with Crippen molar-refractivity contribution in [3.05, 3.63) is 53.1 Å². The van der Waals surface area contributed by atoms with E-state index >= 15 is 0 Å². The molecule has 1 saturated carbocycles. The molecule has 0 bridgehead atoms. The Bertz CT molecular complexity index is 714. The van der Waals surface area contributed by atoms with Crippen LogP contribution in [0, 0.1) is 19.8 Å². The molecule has 0 amide bonds. The molecule has 1 aromatic carbocycles. The van der Waals surface area contributed by atoms with Gasteiger partial charge in [-0.1, -0.05) is 38.0 Å². The molecule has 1 aliphatic carbocycles. The third kappa shape index (κ3) is 3.37. The molecule has 128 valence electrons. The third-order valence-electron chi connectivity index (χ3n) is 5.28. The SMILES string of the molecule is Cc1cccc([C@H](C)c2nccn2C(=O)OCC2CCCC2)c1C. The number of nitrogens with zero attached hydrogens (tertiary/aromatic N) is 2. The Labute approximate surface area is 143 Å². The van der Waals surface area contributed by atoms with Gasteiger partial charge in [-0.05, 0) is 49.3 Å². The maximum absolute atomic E-state index is 12.5. The van der Waals surface area contributed by atoms with Crippen molar-refractivity contribution < 1.29 is 9.53 Å². The van der Waals surface area contributed by atoms with Crippen LogP contribution in [0.25, 0.3) is 0 Å². The lowest BCUT2D eigenvalue weighted by molar-refractivity contribution is 0.128. The Hall–Kier alpha value is -2.10. The Morgan fingerprint density at radius 2 is 2.08 bits per heavy atom. The van der Waals surface area contributed by atoms with Crippen molar-refractivity contribution in [2.75, 3.05) is 6.61 Å². The number of rotatable bonds is 4. The minimum atomic E-state index is -0.313. The summed E-state index contributed by atoms with van der Waals surface area (Å²) in [4.78, 5) is 16.9. The largest absolute Gasteiger partial charge is 0.449 e. The lowest BCUT2D eigenvalue weighted by Gasteiger charge is -2.17. The van der Waals surface area contributed by atoms with Crippen molar-refractivity contribution in [2.24, 2.45) is 5.92 Å². The van der Waals surface area contributed by atoms with Gasteiger partial charge in [0.1, 0.15) is 5.82 Å². The molecule has 0 radical (unpaired) electrons. The normalized spacial score (nSPS) is 16.3. The fraction of sp³-hybridized carbons (Fsp3) is 0.500. The second kappa shape index (κ2) is 7.20. The minimum absolute atomic E-state index is 0.0407. The van der Waals surface area contributed by atoms with E-state index in [2.05, 4.69) is 44.0 Å². The molecule has 0 N–H and O–H groups in total. The van der Waals surface area contributed by atoms with Gasteiger partial charge in [-0.3, -0.25) is 0 Å². The summed E-state index contributed by atoms with van der Waals surface area (Å²) >= 11 is 0. The summed E-state index contributed by atoms with van der Waals surface area (Å²) in [6.45, 7) is 6.83. The number of carbonyl (C=O) groups is 1. The molecule has 1 fully saturated rings. The van der Waals surface area contributed by atoms with Gasteiger partial charge in [-0.2, -0.15) is 0 Å². The Kier molecular flexibility index (Phi) is 5.03. The van der Waals surface area contributed by atoms with Crippen molar-refractivity contribution in [1.29, 1.82) is 0 Å². The number of aryl methyl sites for hydroxylation is 1. The lowest BCUT2D eigenvalue weighted by Crippen LogP contribution is -2.20. The van der Waals surface area contributed by atoms with Crippen LogP contribution in [0.2, 0.25) is 0 Å². The van der Waals surface area contributed by atoms with Gasteiger partial charge in [0.25, 0.3) is 0 Å². The van der Waals surface area contributed by atoms with Crippen LogP contribution >= 0.6 is 0 Å². The topological polar surface area (TPSA) is 44.1 Å². The van der Waals surface area contributed by atoms with E-state index in [4.69, 9.17) is 4.74 Å². The predicted molar refractivity (Wildman–Crippen MR) is 94.4 cm³/mol. The molecule has 1 atom stereocenters. The number of aromatic nitrogens is 2. The van der Waals surface area contributed by atoms with Crippen LogP contribution in [0.4, 0.5) is 4.79 Å². The molecule has 1 aromatic heterocycles. The van der Waals surface area contributed by atoms with Crippen molar-refractivity contribution in [2.45, 2.75) is 52.4 Å². The zero-order valence-electron chi connectivity index (χ0n) is 14.8. The van der Waals surface area contributed by atoms with Gasteiger partial charge >= 0.3 is 6.09 Å². The first-order chi connectivity index (χ1) is 11.6. The average Bonchev–Trinajstić information content (AvgIpc) is 3.26. The smallest absolute Gasteiger partial charge is 0.419 e. The van der Waals surface area contributed by atoms with Gasteiger partial charge < -0.3 is 4.74 Å². The Balaban J connectivity index is 1.76. The number of hydrogen-bond acceptors (Lipinski definition) is 3. The molecule has 3 rings (SSSR count). The zero-order valence-corrected chi connectivity index (χ0v) is 14.8. The van der Waals surface area contributed by atoms with E-state index in [9.17, 15) is 4.79 Å². The summed E-state index contributed by atoms with van der Waals surface area (Å²) in [5.41, 5.74) is 3.70. The second-order valence-electron chi connectivity index (χ2n) is 6.89. The van der Waals surface area contributed by atoms with Crippen molar-refractivity contribution in [3.63, 3.8) is 0 Å². The standard InChI is InChI=1S/C20H26N2O2/c1-14-7-6-10-18(15(14)2)16(3)19-21-11-12-22(19)20(23)24-13-17-8-4-5-9-17/h6-7,10-12,16-17H,4-5,8-9,13H2,1-3H3/t16-/m0/s1. The van der Waals surface area contributed by atoms with E-state index in [-0.39, 0.29) is 12.0 Å². The van der Waals surface area contributed by atoms with Crippen molar-refractivity contribution in [3.8, 4) is 0 Å². The van der Waals surface area contributed by atoms with Crippen LogP contribution < -0.4 is 0 Å². The van der Waals surface area contributed by atoms with Crippen molar-refractivity contribution in [1.82, 2.24) is 9.55 Å². The van der Waals surface area contributed by atoms with Gasteiger partial charge in [0, 0.05) is 18.3 Å². The molecule has 4 heteroatoms. The summed E-state index contributed by atoms with van der Waals surface area (Å²) in [6.07, 6.45) is 7.91. The van der Waals surface area contributed by atoms with E-state index in [1.54, 1.807) is 17.0 Å². The van der Waals surface area contributed by atoms with Gasteiger partial charge in [-0.25, -0.2) is 14.3 Å². The van der Waals surface area contributed by atoms with E-state index in [1.165, 1.54) is 42.4 Å². The van der Waals surface area contributed by atoms with Crippen LogP contribution in [0.15, 0.2) is 30.6 Å². The molecule has 24 heavy (non-hydrogen) atoms. The van der Waals surface area contributed by atoms with Gasteiger partial charge in [-0.15, -0.1) is 0 Å². The number of benzene rings is 1. The summed E-state index contributed by atoms with van der Waals surface area (Å²) < 4.78 is 7.09. The van der Waals surface area contributed by atoms with Gasteiger partial charge in [0.05, 0.1) is 6.61 Å². The van der Waals surface area contributed by atoms with Gasteiger partial charge in [0.2, 0.25) is 0 Å². The Morgan fingerprint density at radius 3 is 2.83 bits per heavy atom. The number of hydrogen-bond donors (Lipinski definition) is 0. The Morgan fingerprint density at radius 1 is 1.33 bits per heavy atom. The van der Waals surface area contributed by atoms with Crippen LogP contribution in [-0.4, -0.2) is 22.3 Å². The quantitative estimate of drug-likeness (QED) is 0.808. The molecular weight excluding hydrogens is 300 g/mol. The lowest BCUT2D eigenvalue weighted by atomic mass is 9.93.